The molecule has 1 N–H and O–H groups in total. The molecule has 0 unspecified atom stereocenters. The van der Waals surface area contributed by atoms with Crippen LogP contribution in [0.2, 0.25) is 0 Å². The fourth-order valence-corrected chi connectivity index (χ4v) is 1.63. The highest BCUT2D eigenvalue weighted by Crippen LogP contribution is 2.05. The quantitative estimate of drug-likeness (QED) is 0.881. The number of rotatable bonds is 5. The van der Waals surface area contributed by atoms with Gasteiger partial charge in [-0.05, 0) is 24.6 Å². The number of pyridine rings is 1. The maximum atomic E-state index is 12.1. The third kappa shape index (κ3) is 3.96. The lowest BCUT2D eigenvalue weighted by molar-refractivity contribution is 0.101. The van der Waals surface area contributed by atoms with Crippen molar-refractivity contribution in [3.05, 3.63) is 52.1 Å². The van der Waals surface area contributed by atoms with Gasteiger partial charge in [0.25, 0.3) is 11.5 Å². The molecule has 0 aliphatic heterocycles. The number of nitrogens with one attached hydrogen (secondary N) is 1. The van der Waals surface area contributed by atoms with Gasteiger partial charge in [0.2, 0.25) is 0 Å². The van der Waals surface area contributed by atoms with E-state index in [1.807, 2.05) is 13.0 Å². The highest BCUT2D eigenvalue weighted by atomic mass is 16.5. The molecule has 0 fully saturated rings. The number of aryl methyl sites for hydroxylation is 1. The Kier molecular flexibility index (Phi) is 4.78. The first kappa shape index (κ1) is 14.9. The van der Waals surface area contributed by atoms with Crippen molar-refractivity contribution < 1.29 is 9.53 Å². The molecule has 2 aromatic heterocycles. The average molecular weight is 288 g/mol. The molecule has 110 valence electrons. The molecule has 0 aliphatic carbocycles. The fraction of sp³-hybridized carbons (Fsp3) is 0.286. The Morgan fingerprint density at radius 1 is 1.33 bits per heavy atom. The summed E-state index contributed by atoms with van der Waals surface area (Å²) in [4.78, 5) is 27.8. The summed E-state index contributed by atoms with van der Waals surface area (Å²) < 4.78 is 6.09. The van der Waals surface area contributed by atoms with Gasteiger partial charge >= 0.3 is 0 Å². The van der Waals surface area contributed by atoms with Gasteiger partial charge < -0.3 is 10.1 Å². The smallest absolute Gasteiger partial charge is 0.277 e. The van der Waals surface area contributed by atoms with E-state index in [1.54, 1.807) is 12.3 Å². The normalized spacial score (nSPS) is 10.4. The molecule has 0 saturated carbocycles. The molecule has 0 saturated heterocycles. The molecule has 0 spiro atoms. The highest BCUT2D eigenvalue weighted by Gasteiger charge is 2.10. The summed E-state index contributed by atoms with van der Waals surface area (Å²) in [6.45, 7) is 2.54. The van der Waals surface area contributed by atoms with Crippen molar-refractivity contribution in [1.29, 1.82) is 0 Å². The second-order valence-corrected chi connectivity index (χ2v) is 4.45. The summed E-state index contributed by atoms with van der Waals surface area (Å²) >= 11 is 0. The van der Waals surface area contributed by atoms with Crippen molar-refractivity contribution in [1.82, 2.24) is 14.8 Å². The van der Waals surface area contributed by atoms with Crippen LogP contribution in [0.3, 0.4) is 0 Å². The minimum absolute atomic E-state index is 0.146. The number of hydrogen-bond donors (Lipinski definition) is 1. The zero-order valence-electron chi connectivity index (χ0n) is 11.9. The minimum atomic E-state index is -0.419. The number of carbonyl (C=O) groups is 1. The van der Waals surface area contributed by atoms with Crippen molar-refractivity contribution >= 4 is 11.7 Å². The van der Waals surface area contributed by atoms with E-state index in [2.05, 4.69) is 15.4 Å². The second kappa shape index (κ2) is 6.76. The summed E-state index contributed by atoms with van der Waals surface area (Å²) in [5.41, 5.74) is 0.865. The predicted molar refractivity (Wildman–Crippen MR) is 77.3 cm³/mol. The van der Waals surface area contributed by atoms with Gasteiger partial charge in [-0.2, -0.15) is 5.10 Å². The molecule has 7 nitrogen and oxygen atoms in total. The Hall–Kier alpha value is -2.54. The van der Waals surface area contributed by atoms with Gasteiger partial charge in [-0.1, -0.05) is 6.07 Å². The SMILES string of the molecule is COCCn1nc(C(=O)Nc2ccc(C)cn2)ccc1=O. The molecule has 2 rings (SSSR count). The Morgan fingerprint density at radius 2 is 2.14 bits per heavy atom. The third-order valence-electron chi connectivity index (χ3n) is 2.76. The van der Waals surface area contributed by atoms with Gasteiger partial charge in [-0.25, -0.2) is 9.67 Å². The second-order valence-electron chi connectivity index (χ2n) is 4.45. The fourth-order valence-electron chi connectivity index (χ4n) is 1.63. The first-order valence-electron chi connectivity index (χ1n) is 6.41. The van der Waals surface area contributed by atoms with E-state index in [1.165, 1.54) is 23.9 Å². The monoisotopic (exact) mass is 288 g/mol. The van der Waals surface area contributed by atoms with Gasteiger partial charge in [0.15, 0.2) is 0 Å². The zero-order valence-corrected chi connectivity index (χ0v) is 11.9. The first-order valence-corrected chi connectivity index (χ1v) is 6.41. The summed E-state index contributed by atoms with van der Waals surface area (Å²) in [7, 11) is 1.53. The van der Waals surface area contributed by atoms with E-state index in [0.717, 1.165) is 5.56 Å². The number of hydrogen-bond acceptors (Lipinski definition) is 5. The molecular formula is C14H16N4O3. The van der Waals surface area contributed by atoms with Crippen LogP contribution in [-0.2, 0) is 11.3 Å². The number of aromatic nitrogens is 3. The molecule has 2 aromatic rings. The largest absolute Gasteiger partial charge is 0.383 e. The molecule has 0 radical (unpaired) electrons. The summed E-state index contributed by atoms with van der Waals surface area (Å²) in [6.07, 6.45) is 1.66. The van der Waals surface area contributed by atoms with Gasteiger partial charge in [0.05, 0.1) is 13.2 Å². The van der Waals surface area contributed by atoms with Gasteiger partial charge in [0, 0.05) is 19.4 Å². The summed E-state index contributed by atoms with van der Waals surface area (Å²) in [5.74, 6) is 0.0135. The van der Waals surface area contributed by atoms with Crippen molar-refractivity contribution in [3.63, 3.8) is 0 Å². The molecule has 0 aromatic carbocycles. The third-order valence-corrected chi connectivity index (χ3v) is 2.76. The van der Waals surface area contributed by atoms with Crippen molar-refractivity contribution in [2.45, 2.75) is 13.5 Å². The zero-order chi connectivity index (χ0) is 15.2. The van der Waals surface area contributed by atoms with Gasteiger partial charge in [0.1, 0.15) is 11.5 Å². The van der Waals surface area contributed by atoms with Crippen LogP contribution >= 0.6 is 0 Å². The van der Waals surface area contributed by atoms with Crippen LogP contribution in [0, 0.1) is 6.92 Å². The van der Waals surface area contributed by atoms with Crippen molar-refractivity contribution in [2.24, 2.45) is 0 Å². The summed E-state index contributed by atoms with van der Waals surface area (Å²) in [5, 5.41) is 6.64. The lowest BCUT2D eigenvalue weighted by Crippen LogP contribution is -2.27. The minimum Gasteiger partial charge on any atom is -0.383 e. The topological polar surface area (TPSA) is 86.1 Å². The molecule has 0 atom stereocenters. The molecule has 1 amide bonds. The number of amides is 1. The molecule has 7 heteroatoms. The highest BCUT2D eigenvalue weighted by molar-refractivity contribution is 6.02. The van der Waals surface area contributed by atoms with E-state index < -0.39 is 5.91 Å². The maximum absolute atomic E-state index is 12.1. The molecule has 0 bridgehead atoms. The lowest BCUT2D eigenvalue weighted by Gasteiger charge is -2.07. The van der Waals surface area contributed by atoms with E-state index in [0.29, 0.717) is 19.0 Å². The number of anilines is 1. The van der Waals surface area contributed by atoms with E-state index in [4.69, 9.17) is 4.74 Å². The van der Waals surface area contributed by atoms with Crippen LogP contribution in [0.4, 0.5) is 5.82 Å². The lowest BCUT2D eigenvalue weighted by atomic mass is 10.3. The van der Waals surface area contributed by atoms with E-state index in [-0.39, 0.29) is 11.3 Å². The number of ether oxygens (including phenoxy) is 1. The van der Waals surface area contributed by atoms with Crippen LogP contribution in [0.25, 0.3) is 0 Å². The Bertz CT molecular complexity index is 679. The summed E-state index contributed by atoms with van der Waals surface area (Å²) in [6, 6.07) is 6.24. The van der Waals surface area contributed by atoms with Gasteiger partial charge in [-0.3, -0.25) is 9.59 Å². The molecular weight excluding hydrogens is 272 g/mol. The molecule has 0 aliphatic rings. The van der Waals surface area contributed by atoms with E-state index >= 15 is 0 Å². The molecule has 21 heavy (non-hydrogen) atoms. The predicted octanol–water partition coefficient (Wildman–Crippen LogP) is 0.845. The average Bonchev–Trinajstić information content (AvgIpc) is 2.48. The Morgan fingerprint density at radius 3 is 2.81 bits per heavy atom. The van der Waals surface area contributed by atoms with E-state index in [9.17, 15) is 9.59 Å². The van der Waals surface area contributed by atoms with Crippen LogP contribution < -0.4 is 10.9 Å². The number of methoxy groups -OCH3 is 1. The van der Waals surface area contributed by atoms with Crippen LogP contribution in [0.5, 0.6) is 0 Å². The maximum Gasteiger partial charge on any atom is 0.277 e. The van der Waals surface area contributed by atoms with Crippen LogP contribution in [0.15, 0.2) is 35.3 Å². The van der Waals surface area contributed by atoms with Crippen molar-refractivity contribution in [2.75, 3.05) is 19.0 Å². The van der Waals surface area contributed by atoms with Crippen molar-refractivity contribution in [3.8, 4) is 0 Å². The number of nitrogens with zero attached hydrogens (tertiary/aromatic N) is 3. The Labute approximate surface area is 121 Å². The van der Waals surface area contributed by atoms with Crippen LogP contribution in [-0.4, -0.2) is 34.4 Å². The van der Waals surface area contributed by atoms with Gasteiger partial charge in [-0.15, -0.1) is 0 Å². The number of carbonyl (C=O) groups excluding carboxylic acids is 1. The Balaban J connectivity index is 2.15. The first-order chi connectivity index (χ1) is 10.1. The van der Waals surface area contributed by atoms with Crippen LogP contribution in [0.1, 0.15) is 16.1 Å². The molecule has 2 heterocycles. The standard InChI is InChI=1S/C14H16N4O3/c1-10-3-5-12(15-9-10)16-14(20)11-4-6-13(19)18(17-11)7-8-21-2/h3-6,9H,7-8H2,1-2H3,(H,15,16,20).